The lowest BCUT2D eigenvalue weighted by atomic mass is 10.3. The van der Waals surface area contributed by atoms with Gasteiger partial charge in [0, 0.05) is 4.91 Å². The summed E-state index contributed by atoms with van der Waals surface area (Å²) in [4.78, 5) is 2.48. The number of hydrogen-bond acceptors (Lipinski definition) is 3. The lowest BCUT2D eigenvalue weighted by Crippen LogP contribution is -2.15. The van der Waals surface area contributed by atoms with Gasteiger partial charge in [0.25, 0.3) is 0 Å². The molecule has 0 heterocycles. The van der Waals surface area contributed by atoms with Gasteiger partial charge in [-0.25, -0.2) is 0 Å². The molecule has 0 aliphatic heterocycles. The molecule has 1 atom stereocenters. The largest absolute Gasteiger partial charge is 0.393 e. The molecule has 5 heteroatoms. The normalized spacial score (nSPS) is 12.2. The average Bonchev–Trinajstić information content (AvgIpc) is 1.85. The van der Waals surface area contributed by atoms with Gasteiger partial charge in [-0.2, -0.15) is 0 Å². The standard InChI is InChI=1S/C4H10N4O/c5-2-1-4(9)3-7-8-6/h4,9H,1-3,5H2. The number of hydrogen-bond donors (Lipinski definition) is 2. The van der Waals surface area contributed by atoms with E-state index in [4.69, 9.17) is 16.4 Å². The van der Waals surface area contributed by atoms with Gasteiger partial charge in [0.15, 0.2) is 0 Å². The lowest BCUT2D eigenvalue weighted by Gasteiger charge is -2.01. The van der Waals surface area contributed by atoms with Crippen LogP contribution in [0.3, 0.4) is 0 Å². The summed E-state index contributed by atoms with van der Waals surface area (Å²) in [5.74, 6) is 0. The Morgan fingerprint density at radius 3 is 2.89 bits per heavy atom. The van der Waals surface area contributed by atoms with E-state index in [1.54, 1.807) is 0 Å². The molecule has 0 saturated carbocycles. The molecule has 0 amide bonds. The zero-order valence-corrected chi connectivity index (χ0v) is 5.06. The number of aliphatic hydroxyl groups is 1. The van der Waals surface area contributed by atoms with Gasteiger partial charge in [-0.05, 0) is 18.5 Å². The molecule has 0 spiro atoms. The molecule has 9 heavy (non-hydrogen) atoms. The molecule has 0 aliphatic rings. The van der Waals surface area contributed by atoms with Crippen molar-refractivity contribution in [1.29, 1.82) is 0 Å². The van der Waals surface area contributed by atoms with E-state index in [1.165, 1.54) is 0 Å². The Labute approximate surface area is 53.1 Å². The minimum atomic E-state index is -0.578. The minimum Gasteiger partial charge on any atom is -0.393 e. The third-order valence-corrected chi connectivity index (χ3v) is 0.856. The summed E-state index contributed by atoms with van der Waals surface area (Å²) in [5.41, 5.74) is 12.9. The second-order valence-electron chi connectivity index (χ2n) is 1.64. The Balaban J connectivity index is 3.25. The number of aliphatic hydroxyl groups excluding tert-OH is 1. The van der Waals surface area contributed by atoms with Gasteiger partial charge >= 0.3 is 0 Å². The summed E-state index contributed by atoms with van der Waals surface area (Å²) >= 11 is 0. The molecular formula is C4H10N4O. The first kappa shape index (κ1) is 8.23. The van der Waals surface area contributed by atoms with Crippen molar-refractivity contribution in [1.82, 2.24) is 0 Å². The number of rotatable bonds is 4. The fourth-order valence-electron chi connectivity index (χ4n) is 0.414. The van der Waals surface area contributed by atoms with Crippen LogP contribution in [0.2, 0.25) is 0 Å². The van der Waals surface area contributed by atoms with Gasteiger partial charge in [0.05, 0.1) is 12.6 Å². The highest BCUT2D eigenvalue weighted by atomic mass is 16.3. The van der Waals surface area contributed by atoms with Crippen LogP contribution in [0.15, 0.2) is 5.11 Å². The fourth-order valence-corrected chi connectivity index (χ4v) is 0.414. The molecule has 0 aliphatic carbocycles. The van der Waals surface area contributed by atoms with Crippen LogP contribution in [0.4, 0.5) is 0 Å². The molecule has 5 nitrogen and oxygen atoms in total. The maximum absolute atomic E-state index is 8.84. The Kier molecular flexibility index (Phi) is 4.91. The summed E-state index contributed by atoms with van der Waals surface area (Å²) in [6, 6.07) is 0. The average molecular weight is 130 g/mol. The van der Waals surface area contributed by atoms with E-state index >= 15 is 0 Å². The second kappa shape index (κ2) is 5.37. The van der Waals surface area contributed by atoms with Crippen molar-refractivity contribution in [3.8, 4) is 0 Å². The monoisotopic (exact) mass is 130 g/mol. The molecule has 1 unspecified atom stereocenters. The van der Waals surface area contributed by atoms with Crippen molar-refractivity contribution in [3.05, 3.63) is 10.4 Å². The number of azide groups is 1. The van der Waals surface area contributed by atoms with Gasteiger partial charge in [0.2, 0.25) is 0 Å². The molecule has 3 N–H and O–H groups in total. The smallest absolute Gasteiger partial charge is 0.0608 e. The van der Waals surface area contributed by atoms with E-state index in [-0.39, 0.29) is 6.54 Å². The zero-order valence-electron chi connectivity index (χ0n) is 5.06. The third-order valence-electron chi connectivity index (χ3n) is 0.856. The SMILES string of the molecule is [N-]=[N+]=NCC(O)CCN. The molecule has 0 radical (unpaired) electrons. The maximum Gasteiger partial charge on any atom is 0.0608 e. The maximum atomic E-state index is 8.84. The summed E-state index contributed by atoms with van der Waals surface area (Å²) in [6.07, 6.45) is -0.0927. The molecule has 0 aromatic carbocycles. The van der Waals surface area contributed by atoms with Crippen molar-refractivity contribution < 1.29 is 5.11 Å². The number of nitrogens with two attached hydrogens (primary N) is 1. The van der Waals surface area contributed by atoms with E-state index in [1.807, 2.05) is 0 Å². The van der Waals surface area contributed by atoms with Crippen LogP contribution in [0.5, 0.6) is 0 Å². The van der Waals surface area contributed by atoms with Gasteiger partial charge < -0.3 is 10.8 Å². The number of nitrogens with zero attached hydrogens (tertiary/aromatic N) is 3. The second-order valence-corrected chi connectivity index (χ2v) is 1.64. The van der Waals surface area contributed by atoms with Gasteiger partial charge in [-0.15, -0.1) is 0 Å². The molecule has 0 bridgehead atoms. The summed E-state index contributed by atoms with van der Waals surface area (Å²) in [6.45, 7) is 0.538. The predicted molar refractivity (Wildman–Crippen MR) is 33.7 cm³/mol. The molecule has 0 rings (SSSR count). The highest BCUT2D eigenvalue weighted by molar-refractivity contribution is 4.59. The van der Waals surface area contributed by atoms with E-state index in [9.17, 15) is 0 Å². The van der Waals surface area contributed by atoms with Crippen molar-refractivity contribution in [2.45, 2.75) is 12.5 Å². The summed E-state index contributed by atoms with van der Waals surface area (Å²) < 4.78 is 0. The van der Waals surface area contributed by atoms with Crippen molar-refractivity contribution in [3.63, 3.8) is 0 Å². The van der Waals surface area contributed by atoms with Crippen molar-refractivity contribution in [2.75, 3.05) is 13.1 Å². The Morgan fingerprint density at radius 2 is 2.44 bits per heavy atom. The quantitative estimate of drug-likeness (QED) is 0.318. The first-order chi connectivity index (χ1) is 4.31. The first-order valence-corrected chi connectivity index (χ1v) is 2.70. The lowest BCUT2D eigenvalue weighted by molar-refractivity contribution is 0.175. The van der Waals surface area contributed by atoms with E-state index in [2.05, 4.69) is 10.0 Å². The zero-order chi connectivity index (χ0) is 7.11. The van der Waals surface area contributed by atoms with Gasteiger partial charge in [-0.3, -0.25) is 0 Å². The molecule has 0 saturated heterocycles. The van der Waals surface area contributed by atoms with E-state index in [0.29, 0.717) is 13.0 Å². The first-order valence-electron chi connectivity index (χ1n) is 2.70. The Bertz CT molecular complexity index is 109. The highest BCUT2D eigenvalue weighted by Gasteiger charge is 1.97. The van der Waals surface area contributed by atoms with Crippen LogP contribution in [0.1, 0.15) is 6.42 Å². The van der Waals surface area contributed by atoms with Gasteiger partial charge in [0.1, 0.15) is 0 Å². The topological polar surface area (TPSA) is 95.0 Å². The highest BCUT2D eigenvalue weighted by Crippen LogP contribution is 1.88. The Hall–Kier alpha value is -0.770. The molecule has 0 aromatic rings. The van der Waals surface area contributed by atoms with Crippen LogP contribution in [-0.2, 0) is 0 Å². The molecule has 0 aromatic heterocycles. The van der Waals surface area contributed by atoms with Crippen molar-refractivity contribution >= 4 is 0 Å². The van der Waals surface area contributed by atoms with E-state index < -0.39 is 6.10 Å². The van der Waals surface area contributed by atoms with Crippen LogP contribution in [-0.4, -0.2) is 24.3 Å². The fraction of sp³-hybridized carbons (Fsp3) is 1.00. The Morgan fingerprint density at radius 1 is 1.78 bits per heavy atom. The van der Waals surface area contributed by atoms with Gasteiger partial charge in [-0.1, -0.05) is 5.11 Å². The van der Waals surface area contributed by atoms with Crippen molar-refractivity contribution in [2.24, 2.45) is 10.8 Å². The molecule has 52 valence electrons. The minimum absolute atomic E-state index is 0.119. The summed E-state index contributed by atoms with van der Waals surface area (Å²) in [5, 5.41) is 12.0. The van der Waals surface area contributed by atoms with E-state index in [0.717, 1.165) is 0 Å². The van der Waals surface area contributed by atoms with Crippen LogP contribution in [0, 0.1) is 0 Å². The molecule has 0 fully saturated rings. The van der Waals surface area contributed by atoms with Crippen LogP contribution >= 0.6 is 0 Å². The van der Waals surface area contributed by atoms with Crippen LogP contribution in [0.25, 0.3) is 10.4 Å². The van der Waals surface area contributed by atoms with Crippen LogP contribution < -0.4 is 5.73 Å². The predicted octanol–water partition coefficient (Wildman–Crippen LogP) is 0.00640. The third kappa shape index (κ3) is 5.10. The summed E-state index contributed by atoms with van der Waals surface area (Å²) in [7, 11) is 0. The molecular weight excluding hydrogens is 120 g/mol.